The summed E-state index contributed by atoms with van der Waals surface area (Å²) in [6, 6.07) is 1.07. The summed E-state index contributed by atoms with van der Waals surface area (Å²) < 4.78 is 99.2. The Hall–Kier alpha value is -1.29. The number of hydrogen-bond acceptors (Lipinski definition) is 8. The van der Waals surface area contributed by atoms with Gasteiger partial charge in [-0.25, -0.2) is 0 Å². The maximum Gasteiger partial charge on any atom is 0.299 e. The fourth-order valence-electron chi connectivity index (χ4n) is 1.49. The van der Waals surface area contributed by atoms with Crippen LogP contribution in [0.15, 0.2) is 26.8 Å². The van der Waals surface area contributed by atoms with Gasteiger partial charge in [0.05, 0.1) is 6.61 Å². The van der Waals surface area contributed by atoms with Gasteiger partial charge in [-0.2, -0.15) is 25.3 Å². The summed E-state index contributed by atoms with van der Waals surface area (Å²) in [4.78, 5) is -4.83. The lowest BCUT2D eigenvalue weighted by molar-refractivity contribution is 0.197. The minimum absolute atomic E-state index is 0.444. The monoisotopic (exact) mass is 378 g/mol. The summed E-state index contributed by atoms with van der Waals surface area (Å²) in [5, 5.41) is 8.59. The standard InChI is InChI=1S/C8H10O11S3/c9-3-4-19-5-1-2-6(20(10,11)12)8(22(16,17)18)7(5)21(13,14)15/h1-2,9H,3-4H2,(H,10,11,12)(H,13,14,15)(H,16,17,18). The Morgan fingerprint density at radius 2 is 1.32 bits per heavy atom. The van der Waals surface area contributed by atoms with Crippen molar-refractivity contribution < 1.29 is 48.8 Å². The average molecular weight is 378 g/mol. The van der Waals surface area contributed by atoms with E-state index in [1.165, 1.54) is 0 Å². The molecule has 0 fully saturated rings. The molecule has 0 radical (unpaired) electrons. The highest BCUT2D eigenvalue weighted by Crippen LogP contribution is 2.35. The second-order valence-electron chi connectivity index (χ2n) is 3.72. The van der Waals surface area contributed by atoms with Gasteiger partial charge in [-0.05, 0) is 12.1 Å². The van der Waals surface area contributed by atoms with Gasteiger partial charge in [0, 0.05) is 0 Å². The van der Waals surface area contributed by atoms with Crippen molar-refractivity contribution in [3.05, 3.63) is 12.1 Å². The number of hydrogen-bond donors (Lipinski definition) is 4. The predicted molar refractivity (Wildman–Crippen MR) is 68.5 cm³/mol. The van der Waals surface area contributed by atoms with Crippen LogP contribution in [0, 0.1) is 0 Å². The molecule has 0 saturated heterocycles. The zero-order valence-electron chi connectivity index (χ0n) is 10.4. The molecule has 0 amide bonds. The average Bonchev–Trinajstić information content (AvgIpc) is 2.31. The second kappa shape index (κ2) is 6.07. The lowest BCUT2D eigenvalue weighted by Gasteiger charge is -2.14. The summed E-state index contributed by atoms with van der Waals surface area (Å²) in [5.74, 6) is -0.850. The molecule has 0 heterocycles. The van der Waals surface area contributed by atoms with Crippen molar-refractivity contribution in [3.8, 4) is 5.75 Å². The van der Waals surface area contributed by atoms with Crippen LogP contribution in [0.25, 0.3) is 0 Å². The van der Waals surface area contributed by atoms with Crippen LogP contribution in [0.2, 0.25) is 0 Å². The van der Waals surface area contributed by atoms with Crippen molar-refractivity contribution in [2.45, 2.75) is 14.7 Å². The van der Waals surface area contributed by atoms with Crippen LogP contribution in [0.3, 0.4) is 0 Å². The summed E-state index contributed by atoms with van der Waals surface area (Å²) in [5.41, 5.74) is 0. The molecule has 4 N–H and O–H groups in total. The highest BCUT2D eigenvalue weighted by Gasteiger charge is 2.35. The van der Waals surface area contributed by atoms with Gasteiger partial charge in [-0.3, -0.25) is 13.7 Å². The smallest absolute Gasteiger partial charge is 0.299 e. The van der Waals surface area contributed by atoms with E-state index in [4.69, 9.17) is 18.8 Å². The molecule has 1 rings (SSSR count). The van der Waals surface area contributed by atoms with Crippen molar-refractivity contribution in [1.29, 1.82) is 0 Å². The quantitative estimate of drug-likeness (QED) is 0.434. The molecule has 1 aromatic rings. The largest absolute Gasteiger partial charge is 0.490 e. The van der Waals surface area contributed by atoms with E-state index < -0.39 is 64.0 Å². The van der Waals surface area contributed by atoms with Crippen LogP contribution < -0.4 is 4.74 Å². The SMILES string of the molecule is O=S(=O)(O)c1ccc(OCCO)c(S(=O)(=O)O)c1S(=O)(=O)O. The molecular formula is C8H10O11S3. The summed E-state index contributed by atoms with van der Waals surface area (Å²) in [7, 11) is -16.1. The zero-order valence-corrected chi connectivity index (χ0v) is 12.9. The molecule has 11 nitrogen and oxygen atoms in total. The third-order valence-corrected chi connectivity index (χ3v) is 5.20. The van der Waals surface area contributed by atoms with Gasteiger partial charge in [-0.1, -0.05) is 0 Å². The van der Waals surface area contributed by atoms with Crippen molar-refractivity contribution in [1.82, 2.24) is 0 Å². The van der Waals surface area contributed by atoms with Crippen molar-refractivity contribution >= 4 is 30.4 Å². The Morgan fingerprint density at radius 1 is 0.818 bits per heavy atom. The van der Waals surface area contributed by atoms with Gasteiger partial charge >= 0.3 is 0 Å². The Kier molecular flexibility index (Phi) is 5.18. The second-order valence-corrected chi connectivity index (χ2v) is 7.82. The zero-order chi connectivity index (χ0) is 17.3. The van der Waals surface area contributed by atoms with E-state index in [0.29, 0.717) is 12.1 Å². The Labute approximate surface area is 125 Å². The molecule has 0 atom stereocenters. The normalized spacial score (nSPS) is 13.1. The van der Waals surface area contributed by atoms with Crippen LogP contribution in [0.5, 0.6) is 5.75 Å². The van der Waals surface area contributed by atoms with E-state index in [1.807, 2.05) is 0 Å². The molecule has 0 spiro atoms. The first-order valence-electron chi connectivity index (χ1n) is 5.13. The van der Waals surface area contributed by atoms with E-state index in [1.54, 1.807) is 0 Å². The van der Waals surface area contributed by atoms with E-state index in [9.17, 15) is 25.3 Å². The third-order valence-electron chi connectivity index (χ3n) is 2.18. The van der Waals surface area contributed by atoms with Crippen LogP contribution in [0.1, 0.15) is 0 Å². The molecule has 1 aromatic carbocycles. The summed E-state index contributed by atoms with van der Waals surface area (Å²) >= 11 is 0. The van der Waals surface area contributed by atoms with Gasteiger partial charge in [-0.15, -0.1) is 0 Å². The first-order chi connectivity index (χ1) is 9.80. The lowest BCUT2D eigenvalue weighted by Crippen LogP contribution is -2.16. The molecule has 0 aromatic heterocycles. The Bertz CT molecular complexity index is 880. The van der Waals surface area contributed by atoms with Gasteiger partial charge in [0.2, 0.25) is 0 Å². The molecule has 0 unspecified atom stereocenters. The van der Waals surface area contributed by atoms with Gasteiger partial charge in [0.15, 0.2) is 4.90 Å². The molecule has 126 valence electrons. The van der Waals surface area contributed by atoms with Crippen molar-refractivity contribution in [3.63, 3.8) is 0 Å². The minimum Gasteiger partial charge on any atom is -0.490 e. The molecule has 0 aliphatic heterocycles. The molecule has 14 heteroatoms. The van der Waals surface area contributed by atoms with Crippen molar-refractivity contribution in [2.24, 2.45) is 0 Å². The van der Waals surface area contributed by atoms with Gasteiger partial charge < -0.3 is 9.84 Å². The van der Waals surface area contributed by atoms with Gasteiger partial charge in [0.1, 0.15) is 22.1 Å². The van der Waals surface area contributed by atoms with E-state index in [2.05, 4.69) is 4.74 Å². The van der Waals surface area contributed by atoms with Crippen LogP contribution in [-0.4, -0.2) is 57.2 Å². The highest BCUT2D eigenvalue weighted by molar-refractivity contribution is 7.90. The molecular weight excluding hydrogens is 368 g/mol. The maximum absolute atomic E-state index is 11.3. The number of rotatable bonds is 6. The minimum atomic E-state index is -5.50. The fourth-order valence-corrected chi connectivity index (χ4v) is 4.77. The van der Waals surface area contributed by atoms with E-state index in [-0.39, 0.29) is 0 Å². The Balaban J connectivity index is 4.01. The van der Waals surface area contributed by atoms with Gasteiger partial charge in [0.25, 0.3) is 30.4 Å². The molecule has 0 bridgehead atoms. The number of ether oxygens (including phenoxy) is 1. The highest BCUT2D eigenvalue weighted by atomic mass is 32.2. The number of benzene rings is 1. The summed E-state index contributed by atoms with van der Waals surface area (Å²) in [6.45, 7) is -1.15. The molecule has 0 saturated carbocycles. The maximum atomic E-state index is 11.3. The topological polar surface area (TPSA) is 193 Å². The Morgan fingerprint density at radius 3 is 1.68 bits per heavy atom. The first-order valence-corrected chi connectivity index (χ1v) is 9.45. The number of aliphatic hydroxyl groups excluding tert-OH is 1. The number of aliphatic hydroxyl groups is 1. The van der Waals surface area contributed by atoms with E-state index in [0.717, 1.165) is 0 Å². The fraction of sp³-hybridized carbons (Fsp3) is 0.250. The van der Waals surface area contributed by atoms with Crippen molar-refractivity contribution in [2.75, 3.05) is 13.2 Å². The lowest BCUT2D eigenvalue weighted by atomic mass is 10.3. The van der Waals surface area contributed by atoms with Crippen LogP contribution in [0.4, 0.5) is 0 Å². The molecule has 0 aliphatic rings. The van der Waals surface area contributed by atoms with E-state index >= 15 is 0 Å². The van der Waals surface area contributed by atoms with Crippen LogP contribution in [-0.2, 0) is 30.4 Å². The van der Waals surface area contributed by atoms with Crippen LogP contribution >= 0.6 is 0 Å². The first kappa shape index (κ1) is 18.8. The third kappa shape index (κ3) is 4.13. The summed E-state index contributed by atoms with van der Waals surface area (Å²) in [6.07, 6.45) is 0. The predicted octanol–water partition coefficient (Wildman–Crippen LogP) is -1.20. The molecule has 22 heavy (non-hydrogen) atoms. The molecule has 0 aliphatic carbocycles.